The van der Waals surface area contributed by atoms with E-state index < -0.39 is 0 Å². The monoisotopic (exact) mass is 370 g/mol. The number of nitrogens with one attached hydrogen (secondary N) is 1. The Morgan fingerprint density at radius 2 is 2.30 bits per heavy atom. The number of carbonyl (C=O) groups excluding carboxylic acids is 1. The Labute approximate surface area is 159 Å². The van der Waals surface area contributed by atoms with Crippen LogP contribution in [0.25, 0.3) is 0 Å². The zero-order chi connectivity index (χ0) is 19.4. The fourth-order valence-electron chi connectivity index (χ4n) is 3.49. The largest absolute Gasteiger partial charge is 0.468 e. The third-order valence-corrected chi connectivity index (χ3v) is 5.03. The summed E-state index contributed by atoms with van der Waals surface area (Å²) in [5.41, 5.74) is 2.41. The predicted octanol–water partition coefficient (Wildman–Crippen LogP) is 2.82. The number of nitrogens with zero attached hydrogens (tertiary/aromatic N) is 3. The Morgan fingerprint density at radius 1 is 1.48 bits per heavy atom. The summed E-state index contributed by atoms with van der Waals surface area (Å²) in [6.07, 6.45) is 3.79. The van der Waals surface area contributed by atoms with E-state index >= 15 is 0 Å². The zero-order valence-corrected chi connectivity index (χ0v) is 16.1. The summed E-state index contributed by atoms with van der Waals surface area (Å²) >= 11 is 0. The summed E-state index contributed by atoms with van der Waals surface area (Å²) in [5.74, 6) is 1.21. The number of aromatic nitrogens is 1. The lowest BCUT2D eigenvalue weighted by Gasteiger charge is -2.18. The van der Waals surface area contributed by atoms with Gasteiger partial charge in [0.25, 0.3) is 0 Å². The molecule has 2 aromatic heterocycles. The van der Waals surface area contributed by atoms with Crippen molar-refractivity contribution in [3.05, 3.63) is 41.0 Å². The van der Waals surface area contributed by atoms with E-state index in [2.05, 4.69) is 11.4 Å². The number of hydrogen-bond donors (Lipinski definition) is 1. The molecule has 1 aliphatic heterocycles. The average Bonchev–Trinajstić information content (AvgIpc) is 3.35. The zero-order valence-electron chi connectivity index (χ0n) is 16.1. The predicted molar refractivity (Wildman–Crippen MR) is 101 cm³/mol. The number of amides is 1. The van der Waals surface area contributed by atoms with Crippen LogP contribution in [0.2, 0.25) is 0 Å². The van der Waals surface area contributed by atoms with Gasteiger partial charge in [0.15, 0.2) is 0 Å². The second kappa shape index (κ2) is 8.42. The first-order valence-corrected chi connectivity index (χ1v) is 9.21. The quantitative estimate of drug-likeness (QED) is 0.810. The van der Waals surface area contributed by atoms with Gasteiger partial charge in [-0.25, -0.2) is 0 Å². The lowest BCUT2D eigenvalue weighted by molar-refractivity contribution is -0.117. The van der Waals surface area contributed by atoms with Crippen LogP contribution in [0.15, 0.2) is 22.8 Å². The summed E-state index contributed by atoms with van der Waals surface area (Å²) in [7, 11) is 1.86. The van der Waals surface area contributed by atoms with E-state index in [-0.39, 0.29) is 18.6 Å². The maximum Gasteiger partial charge on any atom is 0.239 e. The van der Waals surface area contributed by atoms with Crippen molar-refractivity contribution >= 4 is 11.7 Å². The van der Waals surface area contributed by atoms with Crippen molar-refractivity contribution in [1.29, 1.82) is 5.26 Å². The number of ether oxygens (including phenoxy) is 1. The highest BCUT2D eigenvalue weighted by Crippen LogP contribution is 2.28. The van der Waals surface area contributed by atoms with E-state index in [1.807, 2.05) is 42.5 Å². The number of likely N-dealkylation sites (N-methyl/N-ethyl adjacent to an activating group) is 1. The fraction of sp³-hybridized carbons (Fsp3) is 0.500. The second-order valence-electron chi connectivity index (χ2n) is 7.09. The summed E-state index contributed by atoms with van der Waals surface area (Å²) in [6.45, 7) is 6.05. The molecule has 0 saturated carbocycles. The number of nitriles is 1. The molecule has 0 spiro atoms. The van der Waals surface area contributed by atoms with Gasteiger partial charge in [-0.3, -0.25) is 9.69 Å². The number of rotatable bonds is 7. The van der Waals surface area contributed by atoms with Crippen LogP contribution in [0.3, 0.4) is 0 Å². The van der Waals surface area contributed by atoms with Gasteiger partial charge in [0.1, 0.15) is 17.6 Å². The highest BCUT2D eigenvalue weighted by molar-refractivity contribution is 5.93. The van der Waals surface area contributed by atoms with Gasteiger partial charge >= 0.3 is 0 Å². The smallest absolute Gasteiger partial charge is 0.239 e. The molecule has 2 aromatic rings. The van der Waals surface area contributed by atoms with Gasteiger partial charge in [-0.1, -0.05) is 0 Å². The average molecular weight is 370 g/mol. The van der Waals surface area contributed by atoms with Gasteiger partial charge in [-0.05, 0) is 51.4 Å². The molecule has 1 saturated heterocycles. The lowest BCUT2D eigenvalue weighted by atomic mass is 10.2. The highest BCUT2D eigenvalue weighted by atomic mass is 16.5. The molecule has 0 aromatic carbocycles. The van der Waals surface area contributed by atoms with E-state index in [9.17, 15) is 10.1 Å². The summed E-state index contributed by atoms with van der Waals surface area (Å²) in [6, 6.07) is 5.94. The number of hydrogen-bond acceptors (Lipinski definition) is 5. The third-order valence-electron chi connectivity index (χ3n) is 5.03. The first kappa shape index (κ1) is 19.2. The van der Waals surface area contributed by atoms with E-state index in [1.165, 1.54) is 0 Å². The van der Waals surface area contributed by atoms with Crippen LogP contribution in [-0.4, -0.2) is 41.7 Å². The standard InChI is InChI=1S/C20H26N4O3/c1-14-15(2)24(12-17-7-5-9-27-17)20(18(14)10-21)22-19(25)13-23(3)11-16-6-4-8-26-16/h4,6,8,17H,5,7,9,11-13H2,1-3H3,(H,22,25)/t17-/m1/s1. The Kier molecular flexibility index (Phi) is 5.99. The van der Waals surface area contributed by atoms with Crippen LogP contribution >= 0.6 is 0 Å². The molecular formula is C20H26N4O3. The van der Waals surface area contributed by atoms with Gasteiger partial charge in [0.05, 0.1) is 37.6 Å². The normalized spacial score (nSPS) is 16.6. The molecule has 144 valence electrons. The first-order chi connectivity index (χ1) is 13.0. The van der Waals surface area contributed by atoms with Crippen molar-refractivity contribution in [2.45, 2.75) is 45.9 Å². The molecule has 1 N–H and O–H groups in total. The first-order valence-electron chi connectivity index (χ1n) is 9.21. The molecule has 27 heavy (non-hydrogen) atoms. The number of anilines is 1. The molecule has 1 aliphatic rings. The number of carbonyl (C=O) groups is 1. The molecule has 1 atom stereocenters. The van der Waals surface area contributed by atoms with Gasteiger partial charge < -0.3 is 19.0 Å². The van der Waals surface area contributed by atoms with Crippen molar-refractivity contribution in [1.82, 2.24) is 9.47 Å². The van der Waals surface area contributed by atoms with Crippen molar-refractivity contribution in [2.24, 2.45) is 0 Å². The second-order valence-corrected chi connectivity index (χ2v) is 7.09. The van der Waals surface area contributed by atoms with Crippen LogP contribution < -0.4 is 5.32 Å². The van der Waals surface area contributed by atoms with Gasteiger partial charge in [0.2, 0.25) is 5.91 Å². The maximum absolute atomic E-state index is 12.6. The fourth-order valence-corrected chi connectivity index (χ4v) is 3.49. The third kappa shape index (κ3) is 4.41. The molecule has 0 radical (unpaired) electrons. The minimum atomic E-state index is -0.161. The molecule has 0 bridgehead atoms. The molecular weight excluding hydrogens is 344 g/mol. The van der Waals surface area contributed by atoms with Gasteiger partial charge in [0, 0.05) is 12.3 Å². The van der Waals surface area contributed by atoms with E-state index in [0.29, 0.717) is 24.5 Å². The van der Waals surface area contributed by atoms with Gasteiger partial charge in [-0.2, -0.15) is 5.26 Å². The molecule has 3 rings (SSSR count). The lowest BCUT2D eigenvalue weighted by Crippen LogP contribution is -2.31. The SMILES string of the molecule is Cc1c(C#N)c(NC(=O)CN(C)Cc2ccco2)n(C[C@H]2CCCO2)c1C. The minimum absolute atomic E-state index is 0.124. The topological polar surface area (TPSA) is 83.4 Å². The van der Waals surface area contributed by atoms with Crippen molar-refractivity contribution in [2.75, 3.05) is 25.5 Å². The van der Waals surface area contributed by atoms with Gasteiger partial charge in [-0.15, -0.1) is 0 Å². The minimum Gasteiger partial charge on any atom is -0.468 e. The molecule has 7 heteroatoms. The highest BCUT2D eigenvalue weighted by Gasteiger charge is 2.24. The molecule has 7 nitrogen and oxygen atoms in total. The van der Waals surface area contributed by atoms with E-state index in [0.717, 1.165) is 36.5 Å². The molecule has 1 amide bonds. The summed E-state index contributed by atoms with van der Waals surface area (Å²) in [5, 5.41) is 12.5. The van der Waals surface area contributed by atoms with Crippen LogP contribution in [0.5, 0.6) is 0 Å². The Balaban J connectivity index is 1.73. The maximum atomic E-state index is 12.6. The summed E-state index contributed by atoms with van der Waals surface area (Å²) < 4.78 is 13.1. The molecule has 0 aliphatic carbocycles. The van der Waals surface area contributed by atoms with E-state index in [4.69, 9.17) is 9.15 Å². The van der Waals surface area contributed by atoms with Crippen molar-refractivity contribution in [3.8, 4) is 6.07 Å². The molecule has 1 fully saturated rings. The Morgan fingerprint density at radius 3 is 2.93 bits per heavy atom. The Bertz CT molecular complexity index is 827. The summed E-state index contributed by atoms with van der Waals surface area (Å²) in [4.78, 5) is 14.5. The van der Waals surface area contributed by atoms with E-state index in [1.54, 1.807) is 6.26 Å². The van der Waals surface area contributed by atoms with Crippen molar-refractivity contribution < 1.29 is 13.9 Å². The molecule has 0 unspecified atom stereocenters. The van der Waals surface area contributed by atoms with Crippen LogP contribution in [0.4, 0.5) is 5.82 Å². The molecule has 3 heterocycles. The van der Waals surface area contributed by atoms with Crippen LogP contribution in [0, 0.1) is 25.2 Å². The van der Waals surface area contributed by atoms with Crippen LogP contribution in [0.1, 0.15) is 35.4 Å². The number of furan rings is 1. The van der Waals surface area contributed by atoms with Crippen molar-refractivity contribution in [3.63, 3.8) is 0 Å². The van der Waals surface area contributed by atoms with Crippen LogP contribution in [-0.2, 0) is 22.6 Å². The Hall–Kier alpha value is -2.56.